The Hall–Kier alpha value is -1.69. The predicted octanol–water partition coefficient (Wildman–Crippen LogP) is 2.23. The molecule has 124 valence electrons. The smallest absolute Gasteiger partial charge is 0.137 e. The lowest BCUT2D eigenvalue weighted by Gasteiger charge is -2.34. The van der Waals surface area contributed by atoms with E-state index in [9.17, 15) is 0 Å². The zero-order valence-corrected chi connectivity index (χ0v) is 14.0. The van der Waals surface area contributed by atoms with Crippen molar-refractivity contribution in [3.05, 3.63) is 42.2 Å². The molecule has 1 atom stereocenters. The van der Waals surface area contributed by atoms with Gasteiger partial charge in [-0.25, -0.2) is 4.98 Å². The van der Waals surface area contributed by atoms with Crippen molar-refractivity contribution in [2.75, 3.05) is 39.9 Å². The van der Waals surface area contributed by atoms with Crippen LogP contribution in [0.4, 0.5) is 0 Å². The molecule has 2 heterocycles. The fraction of sp³-hybridized carbons (Fsp3) is 0.500. The SMILES string of the molecule is CC(CN(C)Cc1cnc(-c2ccccc2)[nH]1)N1CCOCC1. The standard InChI is InChI=1S/C18H26N4O/c1-15(22-8-10-23-11-9-22)13-21(2)14-17-12-19-18(20-17)16-6-4-3-5-7-16/h3-7,12,15H,8-11,13-14H2,1-2H3,(H,19,20). The molecular formula is C18H26N4O. The predicted molar refractivity (Wildman–Crippen MR) is 92.2 cm³/mol. The largest absolute Gasteiger partial charge is 0.379 e. The van der Waals surface area contributed by atoms with Gasteiger partial charge in [-0.2, -0.15) is 0 Å². The van der Waals surface area contributed by atoms with Gasteiger partial charge in [0, 0.05) is 49.7 Å². The van der Waals surface area contributed by atoms with E-state index in [0.717, 1.165) is 56.5 Å². The van der Waals surface area contributed by atoms with E-state index in [2.05, 4.69) is 45.9 Å². The van der Waals surface area contributed by atoms with Gasteiger partial charge in [-0.1, -0.05) is 30.3 Å². The number of benzene rings is 1. The Balaban J connectivity index is 1.53. The average Bonchev–Trinajstić information content (AvgIpc) is 3.04. The highest BCUT2D eigenvalue weighted by atomic mass is 16.5. The lowest BCUT2D eigenvalue weighted by Crippen LogP contribution is -2.46. The van der Waals surface area contributed by atoms with Crippen LogP contribution in [-0.2, 0) is 11.3 Å². The van der Waals surface area contributed by atoms with Gasteiger partial charge in [0.2, 0.25) is 0 Å². The Labute approximate surface area is 138 Å². The van der Waals surface area contributed by atoms with Crippen LogP contribution in [0.3, 0.4) is 0 Å². The quantitative estimate of drug-likeness (QED) is 0.888. The maximum absolute atomic E-state index is 5.43. The highest BCUT2D eigenvalue weighted by Crippen LogP contribution is 2.15. The van der Waals surface area contributed by atoms with Crippen molar-refractivity contribution >= 4 is 0 Å². The van der Waals surface area contributed by atoms with E-state index in [-0.39, 0.29) is 0 Å². The van der Waals surface area contributed by atoms with Crippen molar-refractivity contribution in [2.24, 2.45) is 0 Å². The first-order valence-corrected chi connectivity index (χ1v) is 8.32. The normalized spacial score (nSPS) is 17.5. The van der Waals surface area contributed by atoms with Gasteiger partial charge in [0.1, 0.15) is 5.82 Å². The number of H-pyrrole nitrogens is 1. The van der Waals surface area contributed by atoms with E-state index in [1.54, 1.807) is 0 Å². The van der Waals surface area contributed by atoms with Gasteiger partial charge in [0.05, 0.1) is 13.2 Å². The van der Waals surface area contributed by atoms with Crippen molar-refractivity contribution in [1.29, 1.82) is 0 Å². The molecule has 1 aliphatic rings. The monoisotopic (exact) mass is 314 g/mol. The minimum atomic E-state index is 0.542. The minimum absolute atomic E-state index is 0.542. The minimum Gasteiger partial charge on any atom is -0.379 e. The number of aromatic nitrogens is 2. The number of imidazole rings is 1. The maximum atomic E-state index is 5.43. The maximum Gasteiger partial charge on any atom is 0.137 e. The number of likely N-dealkylation sites (N-methyl/N-ethyl adjacent to an activating group) is 1. The molecule has 1 unspecified atom stereocenters. The molecule has 1 fully saturated rings. The molecule has 0 radical (unpaired) electrons. The van der Waals surface area contributed by atoms with Gasteiger partial charge in [-0.15, -0.1) is 0 Å². The summed E-state index contributed by atoms with van der Waals surface area (Å²) in [6.07, 6.45) is 1.94. The number of nitrogens with one attached hydrogen (secondary N) is 1. The van der Waals surface area contributed by atoms with Crippen molar-refractivity contribution in [2.45, 2.75) is 19.5 Å². The van der Waals surface area contributed by atoms with Crippen LogP contribution in [0.15, 0.2) is 36.5 Å². The molecule has 5 heteroatoms. The summed E-state index contributed by atoms with van der Waals surface area (Å²) in [5, 5.41) is 0. The van der Waals surface area contributed by atoms with E-state index in [1.165, 1.54) is 0 Å². The van der Waals surface area contributed by atoms with Crippen LogP contribution in [0, 0.1) is 0 Å². The average molecular weight is 314 g/mol. The third-order valence-corrected chi connectivity index (χ3v) is 4.36. The number of rotatable bonds is 6. The summed E-state index contributed by atoms with van der Waals surface area (Å²) in [5.74, 6) is 0.940. The number of hydrogen-bond acceptors (Lipinski definition) is 4. The lowest BCUT2D eigenvalue weighted by molar-refractivity contribution is 0.0136. The Morgan fingerprint density at radius 1 is 1.26 bits per heavy atom. The molecule has 1 N–H and O–H groups in total. The molecular weight excluding hydrogens is 288 g/mol. The fourth-order valence-electron chi connectivity index (χ4n) is 3.12. The zero-order valence-electron chi connectivity index (χ0n) is 14.0. The number of hydrogen-bond donors (Lipinski definition) is 1. The Morgan fingerprint density at radius 2 is 2.00 bits per heavy atom. The van der Waals surface area contributed by atoms with Gasteiger partial charge < -0.3 is 9.72 Å². The second kappa shape index (κ2) is 7.73. The molecule has 0 amide bonds. The Bertz CT molecular complexity index is 592. The third kappa shape index (κ3) is 4.41. The highest BCUT2D eigenvalue weighted by Gasteiger charge is 2.18. The zero-order chi connectivity index (χ0) is 16.1. The van der Waals surface area contributed by atoms with E-state index < -0.39 is 0 Å². The van der Waals surface area contributed by atoms with Gasteiger partial charge in [-0.05, 0) is 14.0 Å². The molecule has 0 aliphatic carbocycles. The summed E-state index contributed by atoms with van der Waals surface area (Å²) in [6.45, 7) is 8.01. The summed E-state index contributed by atoms with van der Waals surface area (Å²) >= 11 is 0. The molecule has 0 saturated carbocycles. The lowest BCUT2D eigenvalue weighted by atomic mass is 10.2. The van der Waals surface area contributed by atoms with Crippen molar-refractivity contribution in [1.82, 2.24) is 19.8 Å². The second-order valence-electron chi connectivity index (χ2n) is 6.32. The first-order chi connectivity index (χ1) is 11.2. The first kappa shape index (κ1) is 16.2. The van der Waals surface area contributed by atoms with Crippen molar-refractivity contribution in [3.63, 3.8) is 0 Å². The molecule has 1 aromatic heterocycles. The summed E-state index contributed by atoms with van der Waals surface area (Å²) in [6, 6.07) is 10.8. The summed E-state index contributed by atoms with van der Waals surface area (Å²) in [5.41, 5.74) is 2.28. The summed E-state index contributed by atoms with van der Waals surface area (Å²) in [7, 11) is 2.17. The van der Waals surface area contributed by atoms with Gasteiger partial charge in [-0.3, -0.25) is 9.80 Å². The van der Waals surface area contributed by atoms with E-state index in [4.69, 9.17) is 4.74 Å². The Morgan fingerprint density at radius 3 is 2.74 bits per heavy atom. The highest BCUT2D eigenvalue weighted by molar-refractivity contribution is 5.54. The first-order valence-electron chi connectivity index (χ1n) is 8.32. The van der Waals surface area contributed by atoms with Crippen molar-refractivity contribution in [3.8, 4) is 11.4 Å². The molecule has 3 rings (SSSR count). The second-order valence-corrected chi connectivity index (χ2v) is 6.32. The summed E-state index contributed by atoms with van der Waals surface area (Å²) < 4.78 is 5.43. The molecule has 23 heavy (non-hydrogen) atoms. The van der Waals surface area contributed by atoms with Crippen molar-refractivity contribution < 1.29 is 4.74 Å². The molecule has 1 aliphatic heterocycles. The Kier molecular flexibility index (Phi) is 5.43. The van der Waals surface area contributed by atoms with E-state index in [0.29, 0.717) is 6.04 Å². The van der Waals surface area contributed by atoms with Crippen LogP contribution in [0.25, 0.3) is 11.4 Å². The summed E-state index contributed by atoms with van der Waals surface area (Å²) in [4.78, 5) is 12.8. The van der Waals surface area contributed by atoms with Crippen LogP contribution in [-0.4, -0.2) is 65.7 Å². The van der Waals surface area contributed by atoms with Gasteiger partial charge >= 0.3 is 0 Å². The van der Waals surface area contributed by atoms with Crippen LogP contribution in [0.5, 0.6) is 0 Å². The van der Waals surface area contributed by atoms with Gasteiger partial charge in [0.15, 0.2) is 0 Å². The number of aromatic amines is 1. The van der Waals surface area contributed by atoms with Crippen LogP contribution in [0.2, 0.25) is 0 Å². The molecule has 0 spiro atoms. The van der Waals surface area contributed by atoms with E-state index in [1.807, 2.05) is 24.4 Å². The molecule has 0 bridgehead atoms. The fourth-order valence-corrected chi connectivity index (χ4v) is 3.12. The topological polar surface area (TPSA) is 44.4 Å². The molecule has 2 aromatic rings. The molecule has 1 saturated heterocycles. The van der Waals surface area contributed by atoms with Crippen LogP contribution in [0.1, 0.15) is 12.6 Å². The number of morpholine rings is 1. The number of ether oxygens (including phenoxy) is 1. The third-order valence-electron chi connectivity index (χ3n) is 4.36. The van der Waals surface area contributed by atoms with Crippen LogP contribution < -0.4 is 0 Å². The molecule has 1 aromatic carbocycles. The number of nitrogens with zero attached hydrogens (tertiary/aromatic N) is 3. The van der Waals surface area contributed by atoms with Gasteiger partial charge in [0.25, 0.3) is 0 Å². The van der Waals surface area contributed by atoms with E-state index >= 15 is 0 Å². The molecule has 5 nitrogen and oxygen atoms in total. The van der Waals surface area contributed by atoms with Crippen LogP contribution >= 0.6 is 0 Å².